The van der Waals surface area contributed by atoms with Crippen LogP contribution in [0, 0.1) is 11.7 Å². The topological polar surface area (TPSA) is 101 Å². The number of likely N-dealkylation sites (tertiary alicyclic amines) is 1. The van der Waals surface area contributed by atoms with E-state index in [0.717, 1.165) is 17.7 Å². The van der Waals surface area contributed by atoms with Crippen molar-refractivity contribution in [2.45, 2.75) is 13.0 Å². The molecule has 5 rings (SSSR count). The molecule has 2 amide bonds. The van der Waals surface area contributed by atoms with Gasteiger partial charge in [0.2, 0.25) is 0 Å². The maximum absolute atomic E-state index is 13.8. The molecule has 0 unspecified atom stereocenters. The van der Waals surface area contributed by atoms with E-state index >= 15 is 0 Å². The minimum absolute atomic E-state index is 0.0430. The van der Waals surface area contributed by atoms with Crippen molar-refractivity contribution in [2.75, 3.05) is 19.6 Å². The molecule has 1 aromatic heterocycles. The smallest absolute Gasteiger partial charge is 0.445 e. The van der Waals surface area contributed by atoms with Gasteiger partial charge in [-0.1, -0.05) is 6.07 Å². The van der Waals surface area contributed by atoms with Crippen LogP contribution in [0.3, 0.4) is 0 Å². The molecule has 2 aliphatic heterocycles. The average molecular weight is 491 g/mol. The van der Waals surface area contributed by atoms with Crippen molar-refractivity contribution in [3.63, 3.8) is 0 Å². The number of benzene rings is 2. The predicted octanol–water partition coefficient (Wildman–Crippen LogP) is 3.60. The van der Waals surface area contributed by atoms with E-state index in [1.165, 1.54) is 11.0 Å². The van der Waals surface area contributed by atoms with Crippen molar-refractivity contribution in [3.8, 4) is 5.75 Å². The number of aromatic amines is 1. The Kier molecular flexibility index (Phi) is 5.53. The summed E-state index contributed by atoms with van der Waals surface area (Å²) in [4.78, 5) is 28.4. The van der Waals surface area contributed by atoms with E-state index < -0.39 is 24.0 Å². The minimum Gasteiger partial charge on any atom is -0.445 e. The number of fused-ring (bicyclic) bond motifs is 2. The summed E-state index contributed by atoms with van der Waals surface area (Å²) >= 11 is 0. The summed E-state index contributed by atoms with van der Waals surface area (Å²) in [5, 5.41) is 10.4. The van der Waals surface area contributed by atoms with E-state index in [1.807, 2.05) is 0 Å². The van der Waals surface area contributed by atoms with E-state index in [0.29, 0.717) is 29.7 Å². The molecule has 0 aliphatic carbocycles. The third-order valence-electron chi connectivity index (χ3n) is 5.74. The van der Waals surface area contributed by atoms with Crippen molar-refractivity contribution in [3.05, 3.63) is 65.1 Å². The molecule has 35 heavy (non-hydrogen) atoms. The molecule has 13 heteroatoms. The number of amides is 2. The molecule has 2 aromatic carbocycles. The summed E-state index contributed by atoms with van der Waals surface area (Å²) in [5.41, 5.74) is 2.78. The first-order chi connectivity index (χ1) is 16.7. The zero-order chi connectivity index (χ0) is 24.7. The molecule has 0 bridgehead atoms. The highest BCUT2D eigenvalue weighted by Crippen LogP contribution is 2.31. The Hall–Kier alpha value is -4.16. The fourth-order valence-corrected chi connectivity index (χ4v) is 4.11. The molecule has 1 N–H and O–H groups in total. The van der Waals surface area contributed by atoms with Gasteiger partial charge in [0.1, 0.15) is 17.6 Å². The first kappa shape index (κ1) is 22.6. The van der Waals surface area contributed by atoms with Gasteiger partial charge in [-0.15, -0.1) is 13.2 Å². The van der Waals surface area contributed by atoms with E-state index in [2.05, 4.69) is 20.1 Å². The number of halogens is 4. The van der Waals surface area contributed by atoms with Crippen molar-refractivity contribution >= 4 is 23.0 Å². The number of aromatic nitrogens is 3. The Labute approximate surface area is 194 Å². The fourth-order valence-electron chi connectivity index (χ4n) is 4.11. The van der Waals surface area contributed by atoms with E-state index in [1.54, 1.807) is 29.3 Å². The Balaban J connectivity index is 1.16. The van der Waals surface area contributed by atoms with Gasteiger partial charge in [0.15, 0.2) is 11.6 Å². The monoisotopic (exact) mass is 491 g/mol. The zero-order valence-electron chi connectivity index (χ0n) is 17.9. The lowest BCUT2D eigenvalue weighted by Gasteiger charge is -2.19. The van der Waals surface area contributed by atoms with Crippen LogP contribution < -0.4 is 4.74 Å². The second-order valence-corrected chi connectivity index (χ2v) is 8.13. The van der Waals surface area contributed by atoms with Gasteiger partial charge in [-0.25, -0.2) is 9.18 Å². The third-order valence-corrected chi connectivity index (χ3v) is 5.74. The summed E-state index contributed by atoms with van der Waals surface area (Å²) in [6, 6.07) is 7.85. The maximum atomic E-state index is 13.8. The second-order valence-electron chi connectivity index (χ2n) is 8.13. The van der Waals surface area contributed by atoms with Crippen LogP contribution in [-0.2, 0) is 11.3 Å². The number of nitrogens with one attached hydrogen (secondary N) is 1. The largest absolute Gasteiger partial charge is 0.573 e. The number of ether oxygens (including phenoxy) is 2. The van der Waals surface area contributed by atoms with Gasteiger partial charge in [-0.05, 0) is 41.5 Å². The summed E-state index contributed by atoms with van der Waals surface area (Å²) in [6.07, 6.45) is -3.94. The summed E-state index contributed by atoms with van der Waals surface area (Å²) < 4.78 is 59.3. The van der Waals surface area contributed by atoms with Crippen molar-refractivity contribution < 1.29 is 36.6 Å². The highest BCUT2D eigenvalue weighted by atomic mass is 19.4. The van der Waals surface area contributed by atoms with Gasteiger partial charge in [-0.2, -0.15) is 15.4 Å². The lowest BCUT2D eigenvalue weighted by molar-refractivity contribution is -0.275. The van der Waals surface area contributed by atoms with Gasteiger partial charge in [0.25, 0.3) is 5.91 Å². The average Bonchev–Trinajstić information content (AvgIpc) is 3.52. The van der Waals surface area contributed by atoms with Gasteiger partial charge >= 0.3 is 12.5 Å². The molecule has 0 radical (unpaired) electrons. The van der Waals surface area contributed by atoms with E-state index in [9.17, 15) is 27.2 Å². The van der Waals surface area contributed by atoms with Gasteiger partial charge in [0, 0.05) is 37.3 Å². The maximum Gasteiger partial charge on any atom is 0.573 e. The molecule has 1 saturated heterocycles. The molecule has 3 aromatic rings. The summed E-state index contributed by atoms with van der Waals surface area (Å²) in [7, 11) is 0. The fraction of sp³-hybridized carbons (Fsp3) is 0.273. The third kappa shape index (κ3) is 4.74. The Morgan fingerprint density at radius 1 is 1.09 bits per heavy atom. The molecule has 1 fully saturated rings. The Morgan fingerprint density at radius 3 is 2.63 bits per heavy atom. The standard InChI is InChI=1S/C22H17F4N5O4/c23-16-5-12(1-4-19(16)35-22(24,25)26)11-34-21(33)31-9-14-7-30(8-15(14)10-31)20(32)13-2-3-17-18(6-13)28-29-27-17/h1-7,15H,8-11H2,(H,27,28,29)/t15-/m0/s1. The molecule has 3 heterocycles. The van der Waals surface area contributed by atoms with E-state index in [-0.39, 0.29) is 30.5 Å². The van der Waals surface area contributed by atoms with Crippen LogP contribution in [0.5, 0.6) is 5.75 Å². The zero-order valence-corrected chi connectivity index (χ0v) is 17.9. The van der Waals surface area contributed by atoms with Crippen molar-refractivity contribution in [1.29, 1.82) is 0 Å². The predicted molar refractivity (Wildman–Crippen MR) is 111 cm³/mol. The normalized spacial score (nSPS) is 17.5. The number of alkyl halides is 3. The number of hydrogen-bond donors (Lipinski definition) is 1. The number of H-pyrrole nitrogens is 1. The van der Waals surface area contributed by atoms with Gasteiger partial charge in [-0.3, -0.25) is 4.79 Å². The molecular formula is C22H17F4N5O4. The summed E-state index contributed by atoms with van der Waals surface area (Å²) in [5.74, 6) is -2.42. The highest BCUT2D eigenvalue weighted by molar-refractivity contribution is 5.98. The number of carbonyl (C=O) groups is 2. The quantitative estimate of drug-likeness (QED) is 0.560. The van der Waals surface area contributed by atoms with Crippen molar-refractivity contribution in [2.24, 2.45) is 5.92 Å². The lowest BCUT2D eigenvalue weighted by Crippen LogP contribution is -2.33. The second kappa shape index (κ2) is 8.56. The molecular weight excluding hydrogens is 474 g/mol. The molecule has 1 atom stereocenters. The van der Waals surface area contributed by atoms with Crippen molar-refractivity contribution in [1.82, 2.24) is 25.2 Å². The van der Waals surface area contributed by atoms with Crippen LogP contribution in [-0.4, -0.2) is 63.2 Å². The minimum atomic E-state index is -5.01. The molecule has 182 valence electrons. The van der Waals surface area contributed by atoms with Crippen LogP contribution in [0.15, 0.2) is 48.2 Å². The number of carbonyl (C=O) groups excluding carboxylic acids is 2. The van der Waals surface area contributed by atoms with E-state index in [4.69, 9.17) is 4.74 Å². The van der Waals surface area contributed by atoms with Crippen LogP contribution in [0.2, 0.25) is 0 Å². The first-order valence-electron chi connectivity index (χ1n) is 10.4. The first-order valence-corrected chi connectivity index (χ1v) is 10.4. The van der Waals surface area contributed by atoms with Gasteiger partial charge < -0.3 is 19.3 Å². The lowest BCUT2D eigenvalue weighted by atomic mass is 10.1. The van der Waals surface area contributed by atoms with Gasteiger partial charge in [0.05, 0.1) is 0 Å². The number of hydrogen-bond acceptors (Lipinski definition) is 6. The molecule has 0 spiro atoms. The van der Waals surface area contributed by atoms with Crippen LogP contribution in [0.1, 0.15) is 15.9 Å². The molecule has 9 nitrogen and oxygen atoms in total. The SMILES string of the molecule is O=C(c1ccc2n[nH]nc2c1)N1C=C2CN(C(=O)OCc3ccc(OC(F)(F)F)c(F)c3)C[C@@H]2C1. The molecule has 0 saturated carbocycles. The van der Waals surface area contributed by atoms with Crippen LogP contribution >= 0.6 is 0 Å². The Bertz CT molecular complexity index is 1340. The highest BCUT2D eigenvalue weighted by Gasteiger charge is 2.38. The van der Waals surface area contributed by atoms with Crippen LogP contribution in [0.25, 0.3) is 11.0 Å². The summed E-state index contributed by atoms with van der Waals surface area (Å²) in [6.45, 7) is 0.684. The molecule has 2 aliphatic rings. The van der Waals surface area contributed by atoms with Crippen LogP contribution in [0.4, 0.5) is 22.4 Å². The Morgan fingerprint density at radius 2 is 1.89 bits per heavy atom. The number of nitrogens with zero attached hydrogens (tertiary/aromatic N) is 4. The number of rotatable bonds is 4.